The van der Waals surface area contributed by atoms with Crippen LogP contribution in [-0.4, -0.2) is 33.5 Å². The van der Waals surface area contributed by atoms with Crippen molar-refractivity contribution in [3.8, 4) is 0 Å². The average molecular weight is 445 g/mol. The van der Waals surface area contributed by atoms with Crippen LogP contribution in [0.2, 0.25) is 0 Å². The van der Waals surface area contributed by atoms with Gasteiger partial charge < -0.3 is 10.6 Å². The molecule has 0 fully saturated rings. The number of carbonyl (C=O) groups excluding carboxylic acids is 2. The molecular weight excluding hydrogens is 424 g/mol. The van der Waals surface area contributed by atoms with Crippen molar-refractivity contribution in [2.45, 2.75) is 22.5 Å². The van der Waals surface area contributed by atoms with E-state index in [1.165, 1.54) is 34.9 Å². The molecule has 6 nitrogen and oxygen atoms in total. The highest BCUT2D eigenvalue weighted by atomic mass is 32.2. The van der Waals surface area contributed by atoms with Gasteiger partial charge >= 0.3 is 0 Å². The molecule has 0 unspecified atom stereocenters. The molecule has 0 atom stereocenters. The number of aromatic nitrogens is 2. The van der Waals surface area contributed by atoms with Crippen molar-refractivity contribution in [1.29, 1.82) is 0 Å². The Labute approximate surface area is 181 Å². The van der Waals surface area contributed by atoms with Crippen molar-refractivity contribution < 1.29 is 9.59 Å². The first-order chi connectivity index (χ1) is 14.0. The van der Waals surface area contributed by atoms with Gasteiger partial charge in [-0.3, -0.25) is 9.59 Å². The third-order valence-corrected chi connectivity index (χ3v) is 6.90. The van der Waals surface area contributed by atoms with E-state index in [1.54, 1.807) is 0 Å². The SMILES string of the molecule is Cc1ccc(NC(=O)CSc2nnc(SCC(=O)Nc3ccc(C)cc3)s2)cc1. The Kier molecular flexibility index (Phi) is 7.68. The van der Waals surface area contributed by atoms with E-state index in [2.05, 4.69) is 20.8 Å². The van der Waals surface area contributed by atoms with Crippen molar-refractivity contribution >= 4 is 58.0 Å². The first-order valence-corrected chi connectivity index (χ1v) is 11.6. The average Bonchev–Trinajstić information content (AvgIpc) is 3.16. The predicted octanol–water partition coefficient (Wildman–Crippen LogP) is 4.62. The second-order valence-electron chi connectivity index (χ2n) is 6.24. The zero-order valence-corrected chi connectivity index (χ0v) is 18.4. The lowest BCUT2D eigenvalue weighted by Gasteiger charge is -2.04. The molecule has 2 amide bonds. The van der Waals surface area contributed by atoms with Gasteiger partial charge in [-0.05, 0) is 38.1 Å². The Morgan fingerprint density at radius 3 is 1.52 bits per heavy atom. The molecule has 0 bridgehead atoms. The molecule has 9 heteroatoms. The van der Waals surface area contributed by atoms with Crippen molar-refractivity contribution in [2.24, 2.45) is 0 Å². The smallest absolute Gasteiger partial charge is 0.234 e. The Bertz CT molecular complexity index is 894. The van der Waals surface area contributed by atoms with Gasteiger partial charge in [0.05, 0.1) is 11.5 Å². The number of nitrogens with one attached hydrogen (secondary N) is 2. The Morgan fingerprint density at radius 2 is 1.14 bits per heavy atom. The second-order valence-corrected chi connectivity index (χ2v) is 9.66. The number of benzene rings is 2. The topological polar surface area (TPSA) is 84.0 Å². The van der Waals surface area contributed by atoms with Crippen molar-refractivity contribution in [3.63, 3.8) is 0 Å². The molecule has 0 spiro atoms. The Hall–Kier alpha value is -2.36. The standard InChI is InChI=1S/C20H20N4O2S3/c1-13-3-7-15(8-4-13)21-17(25)11-27-19-23-24-20(29-19)28-12-18(26)22-16-9-5-14(2)6-10-16/h3-10H,11-12H2,1-2H3,(H,21,25)(H,22,26). The highest BCUT2D eigenvalue weighted by Crippen LogP contribution is 2.29. The molecular formula is C20H20N4O2S3. The third kappa shape index (κ3) is 7.19. The molecule has 0 saturated heterocycles. The minimum Gasteiger partial charge on any atom is -0.325 e. The molecule has 29 heavy (non-hydrogen) atoms. The van der Waals surface area contributed by atoms with Gasteiger partial charge in [0.15, 0.2) is 8.68 Å². The van der Waals surface area contributed by atoms with Gasteiger partial charge in [0.25, 0.3) is 0 Å². The number of hydrogen-bond acceptors (Lipinski definition) is 7. The fourth-order valence-electron chi connectivity index (χ4n) is 2.24. The lowest BCUT2D eigenvalue weighted by atomic mass is 10.2. The highest BCUT2D eigenvalue weighted by Gasteiger charge is 2.11. The summed E-state index contributed by atoms with van der Waals surface area (Å²) in [4.78, 5) is 24.1. The van der Waals surface area contributed by atoms with E-state index in [0.717, 1.165) is 22.5 Å². The van der Waals surface area contributed by atoms with Crippen LogP contribution in [-0.2, 0) is 9.59 Å². The number of amides is 2. The molecule has 3 aromatic rings. The third-order valence-electron chi connectivity index (χ3n) is 3.71. The van der Waals surface area contributed by atoms with Crippen molar-refractivity contribution in [1.82, 2.24) is 10.2 Å². The van der Waals surface area contributed by atoms with E-state index in [1.807, 2.05) is 62.4 Å². The normalized spacial score (nSPS) is 10.6. The molecule has 150 valence electrons. The number of thioether (sulfide) groups is 2. The summed E-state index contributed by atoms with van der Waals surface area (Å²) in [6.45, 7) is 4.00. The largest absolute Gasteiger partial charge is 0.325 e. The maximum Gasteiger partial charge on any atom is 0.234 e. The quantitative estimate of drug-likeness (QED) is 0.494. The molecule has 1 aromatic heterocycles. The maximum atomic E-state index is 12.1. The second kappa shape index (κ2) is 10.4. The summed E-state index contributed by atoms with van der Waals surface area (Å²) < 4.78 is 1.40. The van der Waals surface area contributed by atoms with Crippen LogP contribution in [0, 0.1) is 13.8 Å². The minimum atomic E-state index is -0.0965. The molecule has 2 N–H and O–H groups in total. The number of rotatable bonds is 8. The van der Waals surface area contributed by atoms with Gasteiger partial charge in [-0.25, -0.2) is 0 Å². The summed E-state index contributed by atoms with van der Waals surface area (Å²) in [5, 5.41) is 13.9. The van der Waals surface area contributed by atoms with E-state index in [4.69, 9.17) is 0 Å². The molecule has 0 aliphatic carbocycles. The predicted molar refractivity (Wildman–Crippen MR) is 121 cm³/mol. The number of aryl methyl sites for hydroxylation is 2. The fraction of sp³-hybridized carbons (Fsp3) is 0.200. The Morgan fingerprint density at radius 1 is 0.759 bits per heavy atom. The van der Waals surface area contributed by atoms with Crippen LogP contribution >= 0.6 is 34.9 Å². The van der Waals surface area contributed by atoms with Gasteiger partial charge in [0.2, 0.25) is 11.8 Å². The van der Waals surface area contributed by atoms with Crippen LogP contribution in [0.3, 0.4) is 0 Å². The lowest BCUT2D eigenvalue weighted by Crippen LogP contribution is -2.13. The summed E-state index contributed by atoms with van der Waals surface area (Å²) in [6.07, 6.45) is 0. The fourth-order valence-corrected chi connectivity index (χ4v) is 4.86. The molecule has 0 aliphatic heterocycles. The number of anilines is 2. The summed E-state index contributed by atoms with van der Waals surface area (Å²) in [6, 6.07) is 15.3. The zero-order valence-electron chi connectivity index (χ0n) is 16.0. The summed E-state index contributed by atoms with van der Waals surface area (Å²) in [7, 11) is 0. The highest BCUT2D eigenvalue weighted by molar-refractivity contribution is 8.03. The van der Waals surface area contributed by atoms with Gasteiger partial charge in [0.1, 0.15) is 0 Å². The zero-order chi connectivity index (χ0) is 20.6. The molecule has 0 aliphatic rings. The molecule has 3 rings (SSSR count). The van der Waals surface area contributed by atoms with Gasteiger partial charge in [-0.15, -0.1) is 10.2 Å². The molecule has 0 saturated carbocycles. The van der Waals surface area contributed by atoms with Crippen LogP contribution in [0.4, 0.5) is 11.4 Å². The van der Waals surface area contributed by atoms with Crippen molar-refractivity contribution in [2.75, 3.05) is 22.1 Å². The summed E-state index contributed by atoms with van der Waals surface area (Å²) >= 11 is 4.03. The minimum absolute atomic E-state index is 0.0965. The number of carbonyl (C=O) groups is 2. The summed E-state index contributed by atoms with van der Waals surface area (Å²) in [5.74, 6) is 0.309. The van der Waals surface area contributed by atoms with Crippen molar-refractivity contribution in [3.05, 3.63) is 59.7 Å². The van der Waals surface area contributed by atoms with Gasteiger partial charge in [-0.2, -0.15) is 0 Å². The monoisotopic (exact) mass is 444 g/mol. The van der Waals surface area contributed by atoms with E-state index < -0.39 is 0 Å². The molecule has 0 radical (unpaired) electrons. The van der Waals surface area contributed by atoms with E-state index in [0.29, 0.717) is 8.68 Å². The van der Waals surface area contributed by atoms with Crippen LogP contribution in [0.15, 0.2) is 57.2 Å². The van der Waals surface area contributed by atoms with E-state index in [9.17, 15) is 9.59 Å². The van der Waals surface area contributed by atoms with E-state index in [-0.39, 0.29) is 23.3 Å². The Balaban J connectivity index is 1.40. The van der Waals surface area contributed by atoms with Gasteiger partial charge in [-0.1, -0.05) is 70.3 Å². The van der Waals surface area contributed by atoms with Crippen LogP contribution in [0.1, 0.15) is 11.1 Å². The summed E-state index contributed by atoms with van der Waals surface area (Å²) in [5.41, 5.74) is 3.83. The maximum absolute atomic E-state index is 12.1. The lowest BCUT2D eigenvalue weighted by molar-refractivity contribution is -0.114. The first-order valence-electron chi connectivity index (χ1n) is 8.80. The van der Waals surface area contributed by atoms with Gasteiger partial charge in [0, 0.05) is 11.4 Å². The van der Waals surface area contributed by atoms with Crippen LogP contribution in [0.5, 0.6) is 0 Å². The first kappa shape index (κ1) is 21.4. The number of nitrogens with zero attached hydrogens (tertiary/aromatic N) is 2. The van der Waals surface area contributed by atoms with Crippen LogP contribution < -0.4 is 10.6 Å². The van der Waals surface area contributed by atoms with E-state index >= 15 is 0 Å². The van der Waals surface area contributed by atoms with Crippen LogP contribution in [0.25, 0.3) is 0 Å². The number of hydrogen-bond donors (Lipinski definition) is 2. The molecule has 1 heterocycles. The molecule has 2 aromatic carbocycles.